The third kappa shape index (κ3) is 4.34. The molecule has 0 saturated carbocycles. The predicted octanol–water partition coefficient (Wildman–Crippen LogP) is 5.66. The zero-order chi connectivity index (χ0) is 24.5. The SMILES string of the molecule is CCc1nn(-c2ncccc2C)c(Nc2ccc(C(F)(F)F)cc2C(=O)O)c1-c1cccnc1. The van der Waals surface area contributed by atoms with Gasteiger partial charge in [0, 0.05) is 29.7 Å². The highest BCUT2D eigenvalue weighted by atomic mass is 19.4. The van der Waals surface area contributed by atoms with E-state index in [0.29, 0.717) is 40.9 Å². The van der Waals surface area contributed by atoms with Crippen LogP contribution in [0.4, 0.5) is 24.7 Å². The van der Waals surface area contributed by atoms with E-state index in [4.69, 9.17) is 5.10 Å². The van der Waals surface area contributed by atoms with Gasteiger partial charge in [0.2, 0.25) is 0 Å². The molecular formula is C24H20F3N5O2. The van der Waals surface area contributed by atoms with Crippen molar-refractivity contribution in [3.8, 4) is 16.9 Å². The Balaban J connectivity index is 1.96. The molecule has 0 aliphatic rings. The van der Waals surface area contributed by atoms with Gasteiger partial charge < -0.3 is 10.4 Å². The second-order valence-electron chi connectivity index (χ2n) is 7.51. The number of alkyl halides is 3. The molecule has 174 valence electrons. The molecular weight excluding hydrogens is 447 g/mol. The average molecular weight is 467 g/mol. The molecule has 0 aliphatic heterocycles. The number of rotatable bonds is 6. The molecule has 0 atom stereocenters. The van der Waals surface area contributed by atoms with Crippen molar-refractivity contribution in [2.75, 3.05) is 5.32 Å². The lowest BCUT2D eigenvalue weighted by atomic mass is 10.0. The summed E-state index contributed by atoms with van der Waals surface area (Å²) in [4.78, 5) is 20.5. The number of aromatic carboxylic acids is 1. The van der Waals surface area contributed by atoms with Crippen LogP contribution < -0.4 is 5.32 Å². The monoisotopic (exact) mass is 467 g/mol. The van der Waals surface area contributed by atoms with Crippen LogP contribution in [0.25, 0.3) is 16.9 Å². The van der Waals surface area contributed by atoms with Gasteiger partial charge in [0.25, 0.3) is 0 Å². The highest BCUT2D eigenvalue weighted by molar-refractivity contribution is 5.96. The van der Waals surface area contributed by atoms with Gasteiger partial charge in [0.05, 0.1) is 22.5 Å². The maximum Gasteiger partial charge on any atom is 0.416 e. The summed E-state index contributed by atoms with van der Waals surface area (Å²) in [6, 6.07) is 9.76. The summed E-state index contributed by atoms with van der Waals surface area (Å²) < 4.78 is 41.2. The van der Waals surface area contributed by atoms with Crippen LogP contribution in [0.15, 0.2) is 61.1 Å². The molecule has 0 bridgehead atoms. The van der Waals surface area contributed by atoms with Gasteiger partial charge in [-0.1, -0.05) is 19.1 Å². The molecule has 3 aromatic heterocycles. The number of carboxylic acid groups (broad SMARTS) is 1. The summed E-state index contributed by atoms with van der Waals surface area (Å²) in [7, 11) is 0. The van der Waals surface area contributed by atoms with Crippen molar-refractivity contribution >= 4 is 17.5 Å². The second kappa shape index (κ2) is 8.97. The van der Waals surface area contributed by atoms with Crippen molar-refractivity contribution in [3.05, 3.63) is 83.4 Å². The quantitative estimate of drug-likeness (QED) is 0.380. The van der Waals surface area contributed by atoms with E-state index in [1.54, 1.807) is 35.4 Å². The first-order valence-electron chi connectivity index (χ1n) is 10.4. The molecule has 0 unspecified atom stereocenters. The zero-order valence-corrected chi connectivity index (χ0v) is 18.3. The fourth-order valence-electron chi connectivity index (χ4n) is 3.63. The van der Waals surface area contributed by atoms with E-state index in [9.17, 15) is 23.1 Å². The maximum absolute atomic E-state index is 13.2. The summed E-state index contributed by atoms with van der Waals surface area (Å²) in [6.07, 6.45) is 0.724. The Morgan fingerprint density at radius 3 is 2.53 bits per heavy atom. The van der Waals surface area contributed by atoms with E-state index >= 15 is 0 Å². The fraction of sp³-hybridized carbons (Fsp3) is 0.167. The van der Waals surface area contributed by atoms with Gasteiger partial charge in [-0.25, -0.2) is 9.78 Å². The maximum atomic E-state index is 13.2. The van der Waals surface area contributed by atoms with E-state index in [1.165, 1.54) is 0 Å². The molecule has 3 heterocycles. The van der Waals surface area contributed by atoms with Crippen LogP contribution in [0.3, 0.4) is 0 Å². The summed E-state index contributed by atoms with van der Waals surface area (Å²) in [5.74, 6) is -0.625. The number of anilines is 2. The summed E-state index contributed by atoms with van der Waals surface area (Å²) in [5.41, 5.74) is 1.27. The van der Waals surface area contributed by atoms with Gasteiger partial charge in [-0.2, -0.15) is 23.0 Å². The molecule has 7 nitrogen and oxygen atoms in total. The molecule has 34 heavy (non-hydrogen) atoms. The molecule has 4 aromatic rings. The van der Waals surface area contributed by atoms with E-state index in [-0.39, 0.29) is 5.69 Å². The number of benzene rings is 1. The van der Waals surface area contributed by atoms with Crippen molar-refractivity contribution in [2.24, 2.45) is 0 Å². The molecule has 4 rings (SSSR count). The normalized spacial score (nSPS) is 11.4. The Morgan fingerprint density at radius 1 is 1.15 bits per heavy atom. The number of nitrogens with zero attached hydrogens (tertiary/aromatic N) is 4. The molecule has 0 saturated heterocycles. The third-order valence-corrected chi connectivity index (χ3v) is 5.26. The van der Waals surface area contributed by atoms with E-state index in [0.717, 1.165) is 17.7 Å². The van der Waals surface area contributed by atoms with Gasteiger partial charge in [-0.3, -0.25) is 4.98 Å². The first kappa shape index (κ1) is 23.0. The number of hydrogen-bond donors (Lipinski definition) is 2. The van der Waals surface area contributed by atoms with Crippen LogP contribution in [0.1, 0.15) is 34.1 Å². The van der Waals surface area contributed by atoms with Crippen LogP contribution in [0, 0.1) is 6.92 Å². The number of aryl methyl sites for hydroxylation is 2. The van der Waals surface area contributed by atoms with E-state index in [1.807, 2.05) is 26.0 Å². The number of aromatic nitrogens is 4. The molecule has 0 radical (unpaired) electrons. The molecule has 0 fully saturated rings. The minimum atomic E-state index is -4.67. The lowest BCUT2D eigenvalue weighted by Gasteiger charge is -2.16. The number of carboxylic acids is 1. The highest BCUT2D eigenvalue weighted by Crippen LogP contribution is 2.38. The zero-order valence-electron chi connectivity index (χ0n) is 18.3. The first-order chi connectivity index (χ1) is 16.2. The Kier molecular flexibility index (Phi) is 6.06. The van der Waals surface area contributed by atoms with Crippen molar-refractivity contribution < 1.29 is 23.1 Å². The van der Waals surface area contributed by atoms with Crippen LogP contribution in [0.5, 0.6) is 0 Å². The van der Waals surface area contributed by atoms with Crippen LogP contribution in [-0.2, 0) is 12.6 Å². The number of hydrogen-bond acceptors (Lipinski definition) is 5. The third-order valence-electron chi connectivity index (χ3n) is 5.26. The van der Waals surface area contributed by atoms with Crippen LogP contribution in [0.2, 0.25) is 0 Å². The van der Waals surface area contributed by atoms with E-state index < -0.39 is 23.3 Å². The Labute approximate surface area is 192 Å². The summed E-state index contributed by atoms with van der Waals surface area (Å²) in [5, 5.41) is 17.4. The molecule has 1 aromatic carbocycles. The molecule has 2 N–H and O–H groups in total. The molecule has 0 amide bonds. The number of halogens is 3. The van der Waals surface area contributed by atoms with Crippen LogP contribution in [-0.4, -0.2) is 30.8 Å². The largest absolute Gasteiger partial charge is 0.478 e. The smallest absolute Gasteiger partial charge is 0.416 e. The Hall–Kier alpha value is -4.21. The topological polar surface area (TPSA) is 92.9 Å². The second-order valence-corrected chi connectivity index (χ2v) is 7.51. The Bertz CT molecular complexity index is 1350. The molecule has 0 spiro atoms. The average Bonchev–Trinajstić information content (AvgIpc) is 3.17. The molecule has 10 heteroatoms. The highest BCUT2D eigenvalue weighted by Gasteiger charge is 2.32. The fourth-order valence-corrected chi connectivity index (χ4v) is 3.63. The van der Waals surface area contributed by atoms with Gasteiger partial charge in [-0.05, 0) is 49.2 Å². The van der Waals surface area contributed by atoms with Gasteiger partial charge in [0.15, 0.2) is 5.82 Å². The summed E-state index contributed by atoms with van der Waals surface area (Å²) >= 11 is 0. The predicted molar refractivity (Wildman–Crippen MR) is 120 cm³/mol. The van der Waals surface area contributed by atoms with Crippen LogP contribution >= 0.6 is 0 Å². The van der Waals surface area contributed by atoms with Crippen molar-refractivity contribution in [1.82, 2.24) is 19.7 Å². The van der Waals surface area contributed by atoms with E-state index in [2.05, 4.69) is 15.3 Å². The minimum absolute atomic E-state index is 0.0111. The first-order valence-corrected chi connectivity index (χ1v) is 10.4. The summed E-state index contributed by atoms with van der Waals surface area (Å²) in [6.45, 7) is 3.77. The van der Waals surface area contributed by atoms with Gasteiger partial charge in [0.1, 0.15) is 5.82 Å². The standard InChI is InChI=1S/C24H20F3N5O2/c1-3-18-20(15-7-5-10-28-13-15)22(32(31-18)21-14(2)6-4-11-29-21)30-19-9-8-16(24(25,26)27)12-17(19)23(33)34/h4-13,30H,3H2,1-2H3,(H,33,34). The number of carbonyl (C=O) groups is 1. The number of nitrogens with one attached hydrogen (secondary N) is 1. The van der Waals surface area contributed by atoms with Gasteiger partial charge in [-0.15, -0.1) is 0 Å². The van der Waals surface area contributed by atoms with Crippen molar-refractivity contribution in [1.29, 1.82) is 0 Å². The lowest BCUT2D eigenvalue weighted by molar-refractivity contribution is -0.137. The van der Waals surface area contributed by atoms with Crippen molar-refractivity contribution in [3.63, 3.8) is 0 Å². The van der Waals surface area contributed by atoms with Crippen molar-refractivity contribution in [2.45, 2.75) is 26.4 Å². The molecule has 0 aliphatic carbocycles. The number of pyridine rings is 2. The Morgan fingerprint density at radius 2 is 1.91 bits per heavy atom. The lowest BCUT2D eigenvalue weighted by Crippen LogP contribution is -2.12. The van der Waals surface area contributed by atoms with Gasteiger partial charge >= 0.3 is 12.1 Å². The minimum Gasteiger partial charge on any atom is -0.478 e.